The van der Waals surface area contributed by atoms with Crippen LogP contribution in [0, 0.1) is 6.92 Å². The Kier molecular flexibility index (Phi) is 2.53. The standard InChI is InChI=1S/C9H8BClO2S/c1-5-6-2-3-14-9(6)8(11)4-7(5)10(12)13/h2-4,12-13H,1H3. The Hall–Kier alpha value is -0.545. The molecule has 0 saturated heterocycles. The minimum absolute atomic E-state index is 0.473. The lowest BCUT2D eigenvalue weighted by atomic mass is 9.76. The van der Waals surface area contributed by atoms with Crippen LogP contribution >= 0.6 is 22.9 Å². The maximum absolute atomic E-state index is 9.13. The number of benzene rings is 1. The fraction of sp³-hybridized carbons (Fsp3) is 0.111. The Bertz CT molecular complexity index is 481. The second kappa shape index (κ2) is 3.55. The van der Waals surface area contributed by atoms with Gasteiger partial charge in [-0.1, -0.05) is 11.6 Å². The summed E-state index contributed by atoms with van der Waals surface area (Å²) in [5, 5.41) is 21.8. The third-order valence-corrected chi connectivity index (χ3v) is 3.64. The van der Waals surface area contributed by atoms with Crippen LogP contribution < -0.4 is 5.46 Å². The first-order valence-electron chi connectivity index (χ1n) is 4.13. The van der Waals surface area contributed by atoms with E-state index in [2.05, 4.69) is 0 Å². The van der Waals surface area contributed by atoms with Crippen LogP contribution in [0.15, 0.2) is 17.5 Å². The first-order valence-corrected chi connectivity index (χ1v) is 5.39. The van der Waals surface area contributed by atoms with Gasteiger partial charge < -0.3 is 10.0 Å². The lowest BCUT2D eigenvalue weighted by molar-refractivity contribution is 0.425. The van der Waals surface area contributed by atoms with Crippen molar-refractivity contribution >= 4 is 45.6 Å². The molecule has 2 aromatic rings. The van der Waals surface area contributed by atoms with Crippen LogP contribution in [-0.2, 0) is 0 Å². The molecule has 0 atom stereocenters. The van der Waals surface area contributed by atoms with Gasteiger partial charge in [-0.15, -0.1) is 11.3 Å². The fourth-order valence-corrected chi connectivity index (χ4v) is 2.74. The summed E-state index contributed by atoms with van der Waals surface area (Å²) in [6.07, 6.45) is 0. The van der Waals surface area contributed by atoms with Crippen LogP contribution in [-0.4, -0.2) is 17.2 Å². The number of hydrogen-bond acceptors (Lipinski definition) is 3. The zero-order valence-electron chi connectivity index (χ0n) is 7.49. The number of halogens is 1. The van der Waals surface area contributed by atoms with Crippen molar-refractivity contribution in [3.63, 3.8) is 0 Å². The number of fused-ring (bicyclic) bond motifs is 1. The summed E-state index contributed by atoms with van der Waals surface area (Å²) in [4.78, 5) is 0. The first kappa shape index (κ1) is 9.99. The van der Waals surface area contributed by atoms with Gasteiger partial charge in [0.2, 0.25) is 0 Å². The number of hydrogen-bond donors (Lipinski definition) is 2. The van der Waals surface area contributed by atoms with Gasteiger partial charge >= 0.3 is 7.12 Å². The maximum atomic E-state index is 9.13. The Morgan fingerprint density at radius 2 is 2.14 bits per heavy atom. The van der Waals surface area contributed by atoms with Crippen molar-refractivity contribution in [2.75, 3.05) is 0 Å². The molecule has 2 nitrogen and oxygen atoms in total. The Labute approximate surface area is 90.9 Å². The van der Waals surface area contributed by atoms with Crippen LogP contribution in [0.3, 0.4) is 0 Å². The van der Waals surface area contributed by atoms with E-state index in [9.17, 15) is 0 Å². The molecule has 72 valence electrons. The molecule has 0 fully saturated rings. The minimum atomic E-state index is -1.46. The zero-order valence-corrected chi connectivity index (χ0v) is 9.06. The number of aryl methyl sites for hydroxylation is 1. The predicted octanol–water partition coefficient (Wildman–Crippen LogP) is 1.54. The Morgan fingerprint density at radius 3 is 2.79 bits per heavy atom. The Morgan fingerprint density at radius 1 is 1.43 bits per heavy atom. The van der Waals surface area contributed by atoms with Crippen LogP contribution in [0.2, 0.25) is 5.02 Å². The number of thiophene rings is 1. The molecule has 14 heavy (non-hydrogen) atoms. The van der Waals surface area contributed by atoms with Crippen molar-refractivity contribution in [1.82, 2.24) is 0 Å². The summed E-state index contributed by atoms with van der Waals surface area (Å²) in [5.74, 6) is 0. The molecule has 1 aromatic carbocycles. The van der Waals surface area contributed by atoms with Crippen molar-refractivity contribution in [3.05, 3.63) is 28.1 Å². The van der Waals surface area contributed by atoms with Gasteiger partial charge in [0.05, 0.1) is 9.72 Å². The third-order valence-electron chi connectivity index (χ3n) is 2.28. The Balaban J connectivity index is 2.82. The highest BCUT2D eigenvalue weighted by Crippen LogP contribution is 2.29. The molecule has 0 aliphatic rings. The topological polar surface area (TPSA) is 40.5 Å². The van der Waals surface area contributed by atoms with E-state index in [1.807, 2.05) is 18.4 Å². The van der Waals surface area contributed by atoms with Crippen molar-refractivity contribution in [2.24, 2.45) is 0 Å². The average molecular weight is 226 g/mol. The normalized spacial score (nSPS) is 10.9. The van der Waals surface area contributed by atoms with Gasteiger partial charge in [0.25, 0.3) is 0 Å². The summed E-state index contributed by atoms with van der Waals surface area (Å²) in [7, 11) is -1.46. The van der Waals surface area contributed by atoms with Gasteiger partial charge in [-0.25, -0.2) is 0 Å². The molecule has 0 aliphatic carbocycles. The van der Waals surface area contributed by atoms with Crippen molar-refractivity contribution < 1.29 is 10.0 Å². The number of rotatable bonds is 1. The van der Waals surface area contributed by atoms with Crippen LogP contribution in [0.25, 0.3) is 10.1 Å². The monoisotopic (exact) mass is 226 g/mol. The van der Waals surface area contributed by atoms with Gasteiger partial charge in [-0.2, -0.15) is 0 Å². The molecule has 0 aliphatic heterocycles. The SMILES string of the molecule is Cc1c(B(O)O)cc(Cl)c2sccc12. The van der Waals surface area contributed by atoms with E-state index in [1.165, 1.54) is 0 Å². The van der Waals surface area contributed by atoms with Gasteiger partial charge in [0, 0.05) is 0 Å². The lowest BCUT2D eigenvalue weighted by Crippen LogP contribution is -2.32. The summed E-state index contributed by atoms with van der Waals surface area (Å²) in [6.45, 7) is 1.86. The molecule has 0 unspecified atom stereocenters. The van der Waals surface area contributed by atoms with E-state index in [0.717, 1.165) is 15.6 Å². The maximum Gasteiger partial charge on any atom is 0.488 e. The molecular weight excluding hydrogens is 218 g/mol. The van der Waals surface area contributed by atoms with Crippen molar-refractivity contribution in [2.45, 2.75) is 6.92 Å². The van der Waals surface area contributed by atoms with E-state index < -0.39 is 7.12 Å². The molecule has 2 N–H and O–H groups in total. The van der Waals surface area contributed by atoms with Gasteiger partial charge in [-0.05, 0) is 40.8 Å². The van der Waals surface area contributed by atoms with E-state index >= 15 is 0 Å². The molecular formula is C9H8BClO2S. The summed E-state index contributed by atoms with van der Waals surface area (Å²) >= 11 is 7.56. The van der Waals surface area contributed by atoms with Crippen molar-refractivity contribution in [3.8, 4) is 0 Å². The largest absolute Gasteiger partial charge is 0.488 e. The zero-order chi connectivity index (χ0) is 10.3. The van der Waals surface area contributed by atoms with E-state index in [4.69, 9.17) is 21.6 Å². The third kappa shape index (κ3) is 1.44. The van der Waals surface area contributed by atoms with E-state index in [0.29, 0.717) is 10.5 Å². The van der Waals surface area contributed by atoms with Gasteiger partial charge in [-0.3, -0.25) is 0 Å². The van der Waals surface area contributed by atoms with Crippen LogP contribution in [0.4, 0.5) is 0 Å². The van der Waals surface area contributed by atoms with Crippen molar-refractivity contribution in [1.29, 1.82) is 0 Å². The fourth-order valence-electron chi connectivity index (χ4n) is 1.52. The van der Waals surface area contributed by atoms with Crippen LogP contribution in [0.1, 0.15) is 5.56 Å². The molecule has 0 radical (unpaired) electrons. The highest BCUT2D eigenvalue weighted by Gasteiger charge is 2.17. The molecule has 1 heterocycles. The molecule has 0 amide bonds. The molecule has 0 spiro atoms. The van der Waals surface area contributed by atoms with Crippen LogP contribution in [0.5, 0.6) is 0 Å². The predicted molar refractivity (Wildman–Crippen MR) is 61.4 cm³/mol. The summed E-state index contributed by atoms with van der Waals surface area (Å²) < 4.78 is 0.994. The highest BCUT2D eigenvalue weighted by atomic mass is 35.5. The van der Waals surface area contributed by atoms with Gasteiger partial charge in [0.15, 0.2) is 0 Å². The molecule has 0 saturated carbocycles. The van der Waals surface area contributed by atoms with E-state index in [1.54, 1.807) is 17.4 Å². The second-order valence-corrected chi connectivity index (χ2v) is 4.43. The quantitative estimate of drug-likeness (QED) is 0.724. The minimum Gasteiger partial charge on any atom is -0.423 e. The second-order valence-electron chi connectivity index (χ2n) is 3.11. The molecule has 0 bridgehead atoms. The average Bonchev–Trinajstić information content (AvgIpc) is 2.59. The highest BCUT2D eigenvalue weighted by molar-refractivity contribution is 7.18. The molecule has 2 rings (SSSR count). The lowest BCUT2D eigenvalue weighted by Gasteiger charge is -2.07. The van der Waals surface area contributed by atoms with E-state index in [-0.39, 0.29) is 0 Å². The smallest absolute Gasteiger partial charge is 0.423 e. The molecule has 5 heteroatoms. The van der Waals surface area contributed by atoms with Gasteiger partial charge in [0.1, 0.15) is 0 Å². The summed E-state index contributed by atoms with van der Waals surface area (Å²) in [5.41, 5.74) is 1.35. The summed E-state index contributed by atoms with van der Waals surface area (Å²) in [6, 6.07) is 3.55. The first-order chi connectivity index (χ1) is 6.61. The molecule has 1 aromatic heterocycles.